The number of rotatable bonds is 3. The maximum absolute atomic E-state index is 12.6. The first-order valence-corrected chi connectivity index (χ1v) is 7.38. The summed E-state index contributed by atoms with van der Waals surface area (Å²) in [6, 6.07) is 0.247. The summed E-state index contributed by atoms with van der Waals surface area (Å²) < 4.78 is 0. The Kier molecular flexibility index (Phi) is 4.94. The number of carbonyl (C=O) groups is 1. The van der Waals surface area contributed by atoms with Gasteiger partial charge in [-0.15, -0.1) is 0 Å². The van der Waals surface area contributed by atoms with Crippen molar-refractivity contribution in [3.8, 4) is 0 Å². The van der Waals surface area contributed by atoms with Gasteiger partial charge in [0.2, 0.25) is 0 Å². The normalized spacial score (nSPS) is 16.4. The number of hydrogen-bond donors (Lipinski definition) is 1. The molecule has 0 aliphatic carbocycles. The Bertz CT molecular complexity index is 486. The van der Waals surface area contributed by atoms with Crippen molar-refractivity contribution in [2.75, 3.05) is 20.1 Å². The highest BCUT2D eigenvalue weighted by atomic mass is 35.5. The van der Waals surface area contributed by atoms with Crippen LogP contribution in [0, 0.1) is 0 Å². The Labute approximate surface area is 124 Å². The minimum absolute atomic E-state index is 0.119. The molecule has 1 aromatic heterocycles. The van der Waals surface area contributed by atoms with E-state index in [1.807, 2.05) is 20.9 Å². The summed E-state index contributed by atoms with van der Waals surface area (Å²) in [6.07, 6.45) is 3.44. The van der Waals surface area contributed by atoms with Crippen LogP contribution in [0.3, 0.4) is 0 Å². The lowest BCUT2D eigenvalue weighted by atomic mass is 10.1. The molecule has 20 heavy (non-hydrogen) atoms. The van der Waals surface area contributed by atoms with Crippen molar-refractivity contribution in [1.29, 1.82) is 0 Å². The Hall–Kier alpha value is -1.20. The third kappa shape index (κ3) is 3.27. The number of nitrogens with one attached hydrogen (secondary N) is 1. The molecule has 0 saturated carbocycles. The van der Waals surface area contributed by atoms with Gasteiger partial charge in [-0.2, -0.15) is 0 Å². The van der Waals surface area contributed by atoms with Gasteiger partial charge in [0.1, 0.15) is 5.82 Å². The van der Waals surface area contributed by atoms with E-state index >= 15 is 0 Å². The fourth-order valence-electron chi connectivity index (χ4n) is 2.34. The molecule has 6 heteroatoms. The van der Waals surface area contributed by atoms with E-state index in [1.165, 1.54) is 6.20 Å². The number of carbonyl (C=O) groups excluding carboxylic acids is 1. The Balaban J connectivity index is 2.21. The van der Waals surface area contributed by atoms with Crippen LogP contribution in [0.4, 0.5) is 0 Å². The van der Waals surface area contributed by atoms with E-state index in [2.05, 4.69) is 15.3 Å². The second kappa shape index (κ2) is 6.50. The molecule has 1 fully saturated rings. The number of hydrogen-bond acceptors (Lipinski definition) is 4. The van der Waals surface area contributed by atoms with Gasteiger partial charge in [0.05, 0.1) is 11.2 Å². The van der Waals surface area contributed by atoms with E-state index in [-0.39, 0.29) is 17.9 Å². The van der Waals surface area contributed by atoms with Gasteiger partial charge in [0, 0.05) is 19.0 Å². The lowest BCUT2D eigenvalue weighted by Gasteiger charge is -2.31. The monoisotopic (exact) mass is 296 g/mol. The topological polar surface area (TPSA) is 58.1 Å². The van der Waals surface area contributed by atoms with Crippen molar-refractivity contribution in [3.63, 3.8) is 0 Å². The molecule has 1 N–H and O–H groups in total. The van der Waals surface area contributed by atoms with Crippen molar-refractivity contribution in [2.24, 2.45) is 0 Å². The first kappa shape index (κ1) is 15.2. The molecule has 1 aliphatic rings. The molecule has 2 heterocycles. The minimum atomic E-state index is -0.119. The van der Waals surface area contributed by atoms with Gasteiger partial charge < -0.3 is 10.2 Å². The zero-order valence-corrected chi connectivity index (χ0v) is 12.9. The van der Waals surface area contributed by atoms with Gasteiger partial charge in [0.25, 0.3) is 5.91 Å². The Morgan fingerprint density at radius 3 is 2.70 bits per heavy atom. The molecule has 1 saturated heterocycles. The van der Waals surface area contributed by atoms with E-state index in [0.29, 0.717) is 16.5 Å². The maximum atomic E-state index is 12.6. The molecule has 0 bridgehead atoms. The van der Waals surface area contributed by atoms with Crippen LogP contribution in [0.2, 0.25) is 5.02 Å². The van der Waals surface area contributed by atoms with E-state index < -0.39 is 0 Å². The summed E-state index contributed by atoms with van der Waals surface area (Å²) in [5.41, 5.74) is 0.311. The first-order valence-electron chi connectivity index (χ1n) is 7.01. The van der Waals surface area contributed by atoms with Gasteiger partial charge in [-0.1, -0.05) is 25.4 Å². The summed E-state index contributed by atoms with van der Waals surface area (Å²) in [4.78, 5) is 22.8. The Morgan fingerprint density at radius 1 is 1.45 bits per heavy atom. The molecule has 5 nitrogen and oxygen atoms in total. The molecular formula is C14H21ClN4O. The average molecular weight is 297 g/mol. The fraction of sp³-hybridized carbons (Fsp3) is 0.643. The van der Waals surface area contributed by atoms with Crippen LogP contribution < -0.4 is 5.32 Å². The fourth-order valence-corrected chi connectivity index (χ4v) is 2.51. The molecule has 0 aromatic carbocycles. The number of piperidine rings is 1. The summed E-state index contributed by atoms with van der Waals surface area (Å²) in [7, 11) is 1.83. The lowest BCUT2D eigenvalue weighted by Crippen LogP contribution is -2.44. The van der Waals surface area contributed by atoms with Crippen LogP contribution in [0.15, 0.2) is 6.20 Å². The molecule has 110 valence electrons. The highest BCUT2D eigenvalue weighted by Crippen LogP contribution is 2.20. The molecular weight excluding hydrogens is 276 g/mol. The summed E-state index contributed by atoms with van der Waals surface area (Å²) >= 11 is 6.09. The van der Waals surface area contributed by atoms with Gasteiger partial charge >= 0.3 is 0 Å². The molecule has 0 atom stereocenters. The zero-order valence-electron chi connectivity index (χ0n) is 12.2. The van der Waals surface area contributed by atoms with E-state index in [0.717, 1.165) is 25.9 Å². The molecule has 0 spiro atoms. The first-order chi connectivity index (χ1) is 9.50. The van der Waals surface area contributed by atoms with E-state index in [4.69, 9.17) is 11.6 Å². The lowest BCUT2D eigenvalue weighted by molar-refractivity contribution is 0.0697. The van der Waals surface area contributed by atoms with E-state index in [1.54, 1.807) is 4.90 Å². The summed E-state index contributed by atoms with van der Waals surface area (Å²) in [5, 5.41) is 3.61. The van der Waals surface area contributed by atoms with Crippen LogP contribution >= 0.6 is 11.6 Å². The molecule has 2 rings (SSSR count). The summed E-state index contributed by atoms with van der Waals surface area (Å²) in [6.45, 7) is 5.87. The van der Waals surface area contributed by atoms with Crippen molar-refractivity contribution in [3.05, 3.63) is 22.7 Å². The van der Waals surface area contributed by atoms with Gasteiger partial charge in [0.15, 0.2) is 5.69 Å². The van der Waals surface area contributed by atoms with Gasteiger partial charge in [-0.25, -0.2) is 9.97 Å². The van der Waals surface area contributed by atoms with Crippen molar-refractivity contribution >= 4 is 17.5 Å². The average Bonchev–Trinajstić information content (AvgIpc) is 2.47. The quantitative estimate of drug-likeness (QED) is 0.928. The Morgan fingerprint density at radius 2 is 2.10 bits per heavy atom. The molecule has 1 aliphatic heterocycles. The molecule has 1 amide bonds. The third-order valence-corrected chi connectivity index (χ3v) is 3.94. The summed E-state index contributed by atoms with van der Waals surface area (Å²) in [5.74, 6) is 0.700. The SMILES string of the molecule is CC(C)c1ncc(Cl)c(C(=O)N(C)C2CCNCC2)n1. The highest BCUT2D eigenvalue weighted by Gasteiger charge is 2.25. The van der Waals surface area contributed by atoms with Crippen molar-refractivity contribution in [1.82, 2.24) is 20.2 Å². The predicted molar refractivity (Wildman–Crippen MR) is 79.1 cm³/mol. The zero-order chi connectivity index (χ0) is 14.7. The van der Waals surface area contributed by atoms with Gasteiger partial charge in [-0.3, -0.25) is 4.79 Å². The van der Waals surface area contributed by atoms with Gasteiger partial charge in [-0.05, 0) is 25.9 Å². The standard InChI is InChI=1S/C14H21ClN4O/c1-9(2)13-17-8-11(15)12(18-13)14(20)19(3)10-4-6-16-7-5-10/h8-10,16H,4-7H2,1-3H3. The minimum Gasteiger partial charge on any atom is -0.337 e. The van der Waals surface area contributed by atoms with Crippen molar-refractivity contribution in [2.45, 2.75) is 38.6 Å². The largest absolute Gasteiger partial charge is 0.337 e. The van der Waals surface area contributed by atoms with Crippen LogP contribution in [0.5, 0.6) is 0 Å². The number of amides is 1. The number of aromatic nitrogens is 2. The van der Waals surface area contributed by atoms with Crippen LogP contribution in [0.1, 0.15) is 48.9 Å². The predicted octanol–water partition coefficient (Wildman–Crippen LogP) is 2.08. The van der Waals surface area contributed by atoms with Crippen molar-refractivity contribution < 1.29 is 4.79 Å². The molecule has 0 radical (unpaired) electrons. The second-order valence-corrected chi connectivity index (χ2v) is 5.88. The second-order valence-electron chi connectivity index (χ2n) is 5.48. The van der Waals surface area contributed by atoms with E-state index in [9.17, 15) is 4.79 Å². The number of halogens is 1. The molecule has 1 aromatic rings. The van der Waals surface area contributed by atoms with Crippen LogP contribution in [-0.4, -0.2) is 47.0 Å². The third-order valence-electron chi connectivity index (χ3n) is 3.66. The smallest absolute Gasteiger partial charge is 0.274 e. The molecule has 0 unspecified atom stereocenters. The van der Waals surface area contributed by atoms with Crippen LogP contribution in [-0.2, 0) is 0 Å². The maximum Gasteiger partial charge on any atom is 0.274 e. The van der Waals surface area contributed by atoms with Crippen LogP contribution in [0.25, 0.3) is 0 Å². The highest BCUT2D eigenvalue weighted by molar-refractivity contribution is 6.33. The number of nitrogens with zero attached hydrogens (tertiary/aromatic N) is 3.